The molecule has 172 valence electrons. The Morgan fingerprint density at radius 2 is 0.759 bits per heavy atom. The smallest absolute Gasteiger partial charge is 0.0466 e. The van der Waals surface area contributed by atoms with Crippen molar-refractivity contribution in [2.24, 2.45) is 0 Å². The van der Waals surface area contributed by atoms with Crippen LogP contribution < -0.4 is 0 Å². The van der Waals surface area contributed by atoms with Crippen LogP contribution in [0.15, 0.2) is 22.9 Å². The van der Waals surface area contributed by atoms with Crippen LogP contribution in [0.2, 0.25) is 0 Å². The molecule has 0 bridgehead atoms. The fourth-order valence-corrected chi connectivity index (χ4v) is 3.99. The fraction of sp³-hybridized carbons (Fsp3) is 0.852. The first-order chi connectivity index (χ1) is 14.4. The average Bonchev–Trinajstić information content (AvgIpc) is 3.33. The van der Waals surface area contributed by atoms with Gasteiger partial charge in [-0.25, -0.2) is 0 Å². The molecule has 0 aliphatic rings. The number of hydrogen-bond donors (Lipinski definition) is 0. The molecule has 1 nitrogen and oxygen atoms in total. The molecule has 2 heteroatoms. The average molecular weight is 425 g/mol. The Balaban J connectivity index is 0.00000135. The summed E-state index contributed by atoms with van der Waals surface area (Å²) < 4.78 is 5.65. The van der Waals surface area contributed by atoms with Crippen molar-refractivity contribution >= 4 is 11.3 Å². The molecule has 1 heterocycles. The molecule has 0 amide bonds. The quantitative estimate of drug-likeness (QED) is 0.178. The van der Waals surface area contributed by atoms with Crippen LogP contribution in [0.4, 0.5) is 0 Å². The maximum absolute atomic E-state index is 5.65. The van der Waals surface area contributed by atoms with E-state index in [2.05, 4.69) is 13.8 Å². The van der Waals surface area contributed by atoms with Crippen LogP contribution in [-0.2, 0) is 4.74 Å². The summed E-state index contributed by atoms with van der Waals surface area (Å²) in [5.74, 6) is 0. The lowest BCUT2D eigenvalue weighted by atomic mass is 10.0. The second-order valence-electron chi connectivity index (χ2n) is 8.42. The molecule has 1 aromatic heterocycles. The number of ether oxygens (including phenoxy) is 1. The molecule has 0 N–H and O–H groups in total. The third-order valence-electron chi connectivity index (χ3n) is 5.46. The third kappa shape index (κ3) is 27.7. The zero-order valence-corrected chi connectivity index (χ0v) is 20.8. The molecule has 0 aliphatic carbocycles. The van der Waals surface area contributed by atoms with Gasteiger partial charge in [0, 0.05) is 13.2 Å². The van der Waals surface area contributed by atoms with Gasteiger partial charge in [-0.15, -0.1) is 0 Å². The molecule has 1 aromatic rings. The van der Waals surface area contributed by atoms with Gasteiger partial charge in [-0.3, -0.25) is 0 Å². The van der Waals surface area contributed by atoms with E-state index in [1.54, 1.807) is 11.3 Å². The molecule has 0 aliphatic heterocycles. The van der Waals surface area contributed by atoms with Gasteiger partial charge in [0.15, 0.2) is 0 Å². The lowest BCUT2D eigenvalue weighted by molar-refractivity contribution is 0.126. The highest BCUT2D eigenvalue weighted by molar-refractivity contribution is 7.07. The summed E-state index contributed by atoms with van der Waals surface area (Å²) in [4.78, 5) is 0. The van der Waals surface area contributed by atoms with Gasteiger partial charge < -0.3 is 4.74 Å². The van der Waals surface area contributed by atoms with Crippen LogP contribution in [0.1, 0.15) is 136 Å². The molecule has 29 heavy (non-hydrogen) atoms. The molecular formula is C27H52OS. The van der Waals surface area contributed by atoms with Gasteiger partial charge in [-0.1, -0.05) is 135 Å². The van der Waals surface area contributed by atoms with Crippen LogP contribution in [0.3, 0.4) is 0 Å². The molecule has 0 atom stereocenters. The van der Waals surface area contributed by atoms with Gasteiger partial charge in [0.2, 0.25) is 0 Å². The number of thiophene rings is 1. The minimum atomic E-state index is 0.979. The van der Waals surface area contributed by atoms with Crippen LogP contribution in [0.5, 0.6) is 0 Å². The van der Waals surface area contributed by atoms with E-state index in [0.29, 0.717) is 0 Å². The van der Waals surface area contributed by atoms with Gasteiger partial charge in [-0.05, 0) is 23.6 Å². The Morgan fingerprint density at radius 1 is 0.448 bits per heavy atom. The van der Waals surface area contributed by atoms with E-state index in [-0.39, 0.29) is 0 Å². The number of unbranched alkanes of at least 4 members (excludes halogenated alkanes) is 17. The van der Waals surface area contributed by atoms with Crippen molar-refractivity contribution < 1.29 is 4.74 Å². The zero-order chi connectivity index (χ0) is 21.1. The summed E-state index contributed by atoms with van der Waals surface area (Å²) in [5, 5.41) is 4.08. The summed E-state index contributed by atoms with van der Waals surface area (Å²) >= 11 is 1.71. The highest BCUT2D eigenvalue weighted by Crippen LogP contribution is 2.13. The van der Waals surface area contributed by atoms with Crippen LogP contribution in [-0.4, -0.2) is 13.2 Å². The van der Waals surface area contributed by atoms with E-state index >= 15 is 0 Å². The Labute approximate surface area is 188 Å². The molecule has 0 radical (unpaired) electrons. The van der Waals surface area contributed by atoms with Crippen LogP contribution in [0.25, 0.3) is 0 Å². The van der Waals surface area contributed by atoms with Crippen molar-refractivity contribution in [1.82, 2.24) is 0 Å². The molecular weight excluding hydrogens is 372 g/mol. The maximum atomic E-state index is 5.65. The van der Waals surface area contributed by atoms with Gasteiger partial charge in [0.05, 0.1) is 0 Å². The van der Waals surface area contributed by atoms with Gasteiger partial charge in [0.25, 0.3) is 0 Å². The van der Waals surface area contributed by atoms with Gasteiger partial charge in [0.1, 0.15) is 0 Å². The molecule has 0 fully saturated rings. The zero-order valence-electron chi connectivity index (χ0n) is 20.0. The summed E-state index contributed by atoms with van der Waals surface area (Å²) in [5.41, 5.74) is 0. The molecule has 0 aromatic carbocycles. The minimum Gasteiger partial charge on any atom is -0.381 e. The second kappa shape index (κ2) is 27.7. The van der Waals surface area contributed by atoms with Gasteiger partial charge in [-0.2, -0.15) is 11.3 Å². The maximum Gasteiger partial charge on any atom is 0.0466 e. The Morgan fingerprint density at radius 3 is 1.10 bits per heavy atom. The molecule has 0 saturated heterocycles. The van der Waals surface area contributed by atoms with Crippen molar-refractivity contribution in [2.45, 2.75) is 136 Å². The molecule has 0 saturated carbocycles. The first-order valence-corrected chi connectivity index (χ1v) is 13.9. The lowest BCUT2D eigenvalue weighted by Gasteiger charge is -2.04. The minimum absolute atomic E-state index is 0.979. The van der Waals surface area contributed by atoms with Crippen molar-refractivity contribution in [3.05, 3.63) is 22.9 Å². The molecule has 1 rings (SSSR count). The SMILES string of the molecule is CCCCCCCCCCCCCCCCCCOCCCCC.c1ccsc1. The fourth-order valence-electron chi connectivity index (χ4n) is 3.54. The summed E-state index contributed by atoms with van der Waals surface area (Å²) in [7, 11) is 0. The number of hydrogen-bond acceptors (Lipinski definition) is 2. The van der Waals surface area contributed by atoms with Crippen LogP contribution >= 0.6 is 11.3 Å². The van der Waals surface area contributed by atoms with Crippen molar-refractivity contribution in [3.8, 4) is 0 Å². The Hall–Kier alpha value is -0.340. The van der Waals surface area contributed by atoms with E-state index in [0.717, 1.165) is 13.2 Å². The van der Waals surface area contributed by atoms with E-state index < -0.39 is 0 Å². The summed E-state index contributed by atoms with van der Waals surface area (Å²) in [6, 6.07) is 4.04. The van der Waals surface area contributed by atoms with E-state index in [9.17, 15) is 0 Å². The van der Waals surface area contributed by atoms with Gasteiger partial charge >= 0.3 is 0 Å². The van der Waals surface area contributed by atoms with Crippen molar-refractivity contribution in [3.63, 3.8) is 0 Å². The lowest BCUT2D eigenvalue weighted by Crippen LogP contribution is -1.96. The molecule has 0 spiro atoms. The standard InChI is InChI=1S/C23H48O.C4H4S/c1-3-5-7-8-9-10-11-12-13-14-15-16-17-18-19-21-23-24-22-20-6-4-2;1-2-4-5-3-1/h3-23H2,1-2H3;1-4H. The summed E-state index contributed by atoms with van der Waals surface area (Å²) in [6.07, 6.45) is 26.8. The monoisotopic (exact) mass is 424 g/mol. The third-order valence-corrected chi connectivity index (χ3v) is 6.09. The molecule has 0 unspecified atom stereocenters. The number of rotatable bonds is 21. The second-order valence-corrected chi connectivity index (χ2v) is 9.23. The predicted molar refractivity (Wildman–Crippen MR) is 134 cm³/mol. The van der Waals surface area contributed by atoms with Crippen molar-refractivity contribution in [2.75, 3.05) is 13.2 Å². The van der Waals surface area contributed by atoms with Crippen LogP contribution in [0, 0.1) is 0 Å². The Kier molecular flexibility index (Phi) is 27.3. The largest absolute Gasteiger partial charge is 0.381 e. The highest BCUT2D eigenvalue weighted by atomic mass is 32.1. The van der Waals surface area contributed by atoms with E-state index in [4.69, 9.17) is 4.74 Å². The highest BCUT2D eigenvalue weighted by Gasteiger charge is 1.95. The predicted octanol–water partition coefficient (Wildman–Crippen LogP) is 10.2. The Bertz CT molecular complexity index is 310. The normalized spacial score (nSPS) is 10.7. The van der Waals surface area contributed by atoms with E-state index in [1.165, 1.54) is 122 Å². The topological polar surface area (TPSA) is 9.23 Å². The summed E-state index contributed by atoms with van der Waals surface area (Å²) in [6.45, 7) is 6.51. The van der Waals surface area contributed by atoms with E-state index in [1.807, 2.05) is 22.9 Å². The van der Waals surface area contributed by atoms with Crippen molar-refractivity contribution in [1.29, 1.82) is 0 Å². The first kappa shape index (κ1) is 28.7. The first-order valence-electron chi connectivity index (χ1n) is 13.0.